The number of aliphatic hydroxyl groups is 2. The van der Waals surface area contributed by atoms with Crippen LogP contribution in [0.25, 0.3) is 21.9 Å². The molecule has 43 heavy (non-hydrogen) atoms. The van der Waals surface area contributed by atoms with E-state index < -0.39 is 36.5 Å². The number of fused-ring (bicyclic) bond motifs is 2. The zero-order chi connectivity index (χ0) is 30.7. The number of carbonyl (C=O) groups excluding carboxylic acids is 2. The number of rotatable bonds is 8. The molecule has 2 amide bonds. The van der Waals surface area contributed by atoms with Gasteiger partial charge in [0.25, 0.3) is 0 Å². The number of benzene rings is 2. The summed E-state index contributed by atoms with van der Waals surface area (Å²) < 4.78 is 12.0. The third kappa shape index (κ3) is 6.17. The van der Waals surface area contributed by atoms with Crippen LogP contribution in [0.15, 0.2) is 48.0 Å². The van der Waals surface area contributed by atoms with E-state index in [0.29, 0.717) is 27.6 Å². The van der Waals surface area contributed by atoms with Crippen LogP contribution >= 0.6 is 0 Å². The van der Waals surface area contributed by atoms with E-state index in [9.17, 15) is 24.9 Å². The zero-order valence-electron chi connectivity index (χ0n) is 22.8. The largest absolute Gasteiger partial charge is 0.507 e. The summed E-state index contributed by atoms with van der Waals surface area (Å²) in [6.07, 6.45) is -1.72. The quantitative estimate of drug-likeness (QED) is 0.0549. The second-order valence-electron chi connectivity index (χ2n) is 9.59. The van der Waals surface area contributed by atoms with E-state index in [1.54, 1.807) is 24.3 Å². The molecule has 0 saturated carbocycles. The smallest absolute Gasteiger partial charge is 0.338 e. The SMILES string of the molecule is COC(=O)c1cc(O)c2cc(NC(=O)NCCNC(N)=NC[C@H]3O[C@@H](n4cnc5c(N)ncnc54)[C@H](O)[C@@H]3O)ccc2c1. The van der Waals surface area contributed by atoms with E-state index in [4.69, 9.17) is 16.2 Å². The number of nitrogens with one attached hydrogen (secondary N) is 3. The topological polar surface area (TPSA) is 257 Å². The van der Waals surface area contributed by atoms with Crippen molar-refractivity contribution in [2.24, 2.45) is 10.7 Å². The van der Waals surface area contributed by atoms with Gasteiger partial charge in [-0.05, 0) is 29.7 Å². The monoisotopic (exact) mass is 594 g/mol. The number of ether oxygens (including phenoxy) is 2. The van der Waals surface area contributed by atoms with E-state index in [0.717, 1.165) is 0 Å². The van der Waals surface area contributed by atoms with Crippen LogP contribution in [-0.4, -0.2) is 97.9 Å². The summed E-state index contributed by atoms with van der Waals surface area (Å²) in [5, 5.41) is 40.6. The molecule has 2 aromatic carbocycles. The number of methoxy groups -OCH3 is 1. The maximum absolute atomic E-state index is 12.3. The molecule has 1 saturated heterocycles. The number of aromatic hydroxyl groups is 1. The molecule has 4 atom stereocenters. The second-order valence-corrected chi connectivity index (χ2v) is 9.59. The van der Waals surface area contributed by atoms with E-state index in [2.05, 4.69) is 40.6 Å². The Hall–Kier alpha value is -5.26. The van der Waals surface area contributed by atoms with Crippen LogP contribution in [0.3, 0.4) is 0 Å². The van der Waals surface area contributed by atoms with Gasteiger partial charge in [-0.2, -0.15) is 0 Å². The van der Waals surface area contributed by atoms with Crippen LogP contribution in [0.1, 0.15) is 16.6 Å². The molecular formula is C26H30N10O7. The van der Waals surface area contributed by atoms with Gasteiger partial charge in [-0.25, -0.2) is 24.5 Å². The van der Waals surface area contributed by atoms with Crippen LogP contribution < -0.4 is 27.4 Å². The van der Waals surface area contributed by atoms with Crippen LogP contribution in [0.4, 0.5) is 16.3 Å². The van der Waals surface area contributed by atoms with Crippen molar-refractivity contribution >= 4 is 51.4 Å². The van der Waals surface area contributed by atoms with Gasteiger partial charge in [0.15, 0.2) is 23.7 Å². The molecule has 17 nitrogen and oxygen atoms in total. The molecule has 1 aliphatic rings. The third-order valence-corrected chi connectivity index (χ3v) is 6.77. The summed E-state index contributed by atoms with van der Waals surface area (Å²) in [5.41, 5.74) is 13.0. The summed E-state index contributed by atoms with van der Waals surface area (Å²) in [4.78, 5) is 40.4. The minimum Gasteiger partial charge on any atom is -0.507 e. The molecule has 5 rings (SSSR count). The first-order chi connectivity index (χ1) is 20.7. The number of nitrogens with zero attached hydrogens (tertiary/aromatic N) is 5. The molecule has 2 aromatic heterocycles. The van der Waals surface area contributed by atoms with E-state index in [1.807, 2.05) is 0 Å². The highest BCUT2D eigenvalue weighted by Crippen LogP contribution is 2.32. The zero-order valence-corrected chi connectivity index (χ0v) is 22.8. The summed E-state index contributed by atoms with van der Waals surface area (Å²) >= 11 is 0. The highest BCUT2D eigenvalue weighted by Gasteiger charge is 2.44. The van der Waals surface area contributed by atoms with Crippen LogP contribution in [0, 0.1) is 0 Å². The minimum atomic E-state index is -1.28. The number of phenolic OH excluding ortho intramolecular Hbond substituents is 1. The molecule has 0 unspecified atom stereocenters. The fourth-order valence-corrected chi connectivity index (χ4v) is 4.60. The number of nitrogens with two attached hydrogens (primary N) is 2. The van der Waals surface area contributed by atoms with Gasteiger partial charge < -0.3 is 52.2 Å². The Morgan fingerprint density at radius 2 is 1.91 bits per heavy atom. The van der Waals surface area contributed by atoms with Gasteiger partial charge in [0.2, 0.25) is 0 Å². The number of phenols is 1. The van der Waals surface area contributed by atoms with Crippen molar-refractivity contribution in [3.05, 3.63) is 48.5 Å². The van der Waals surface area contributed by atoms with Crippen molar-refractivity contribution in [3.8, 4) is 5.75 Å². The maximum Gasteiger partial charge on any atom is 0.338 e. The molecule has 0 aliphatic carbocycles. The Morgan fingerprint density at radius 1 is 1.12 bits per heavy atom. The number of carbonyl (C=O) groups is 2. The first kappa shape index (κ1) is 29.2. The molecule has 0 radical (unpaired) electrons. The summed E-state index contributed by atoms with van der Waals surface area (Å²) in [6, 6.07) is 7.24. The van der Waals surface area contributed by atoms with Gasteiger partial charge in [0.1, 0.15) is 35.9 Å². The fraction of sp³-hybridized carbons (Fsp3) is 0.308. The molecule has 0 spiro atoms. The summed E-state index contributed by atoms with van der Waals surface area (Å²) in [7, 11) is 1.25. The number of anilines is 2. The number of hydrogen-bond acceptors (Lipinski definition) is 12. The number of guanidine groups is 1. The average molecular weight is 595 g/mol. The molecular weight excluding hydrogens is 564 g/mol. The van der Waals surface area contributed by atoms with E-state index in [-0.39, 0.29) is 42.7 Å². The van der Waals surface area contributed by atoms with Gasteiger partial charge in [0, 0.05) is 24.2 Å². The minimum absolute atomic E-state index is 0.0425. The Bertz CT molecular complexity index is 1690. The first-order valence-corrected chi connectivity index (χ1v) is 13.0. The molecule has 10 N–H and O–H groups in total. The number of aliphatic imine (C=N–C) groups is 1. The van der Waals surface area contributed by atoms with Crippen molar-refractivity contribution < 1.29 is 34.4 Å². The number of imidazole rings is 1. The van der Waals surface area contributed by atoms with Gasteiger partial charge >= 0.3 is 12.0 Å². The van der Waals surface area contributed by atoms with Crippen molar-refractivity contribution in [3.63, 3.8) is 0 Å². The van der Waals surface area contributed by atoms with Crippen LogP contribution in [0.5, 0.6) is 5.75 Å². The molecule has 1 fully saturated rings. The normalized spacial score (nSPS) is 20.3. The Labute approximate surface area is 243 Å². The molecule has 17 heteroatoms. The predicted octanol–water partition coefficient (Wildman–Crippen LogP) is -0.601. The second kappa shape index (κ2) is 12.3. The van der Waals surface area contributed by atoms with Crippen molar-refractivity contribution in [2.45, 2.75) is 24.5 Å². The lowest BCUT2D eigenvalue weighted by molar-refractivity contribution is -0.0320. The highest BCUT2D eigenvalue weighted by atomic mass is 16.6. The lowest BCUT2D eigenvalue weighted by Crippen LogP contribution is -2.40. The number of aliphatic hydroxyl groups excluding tert-OH is 2. The number of nitrogen functional groups attached to an aromatic ring is 1. The average Bonchev–Trinajstić information content (AvgIpc) is 3.55. The van der Waals surface area contributed by atoms with E-state index in [1.165, 1.54) is 30.4 Å². The van der Waals surface area contributed by atoms with Crippen molar-refractivity contribution in [1.82, 2.24) is 30.2 Å². The van der Waals surface area contributed by atoms with Gasteiger partial charge in [-0.3, -0.25) is 9.56 Å². The number of esters is 1. The number of amides is 2. The Morgan fingerprint density at radius 3 is 2.70 bits per heavy atom. The molecule has 226 valence electrons. The molecule has 1 aliphatic heterocycles. The summed E-state index contributed by atoms with van der Waals surface area (Å²) in [5.74, 6) is -0.483. The third-order valence-electron chi connectivity index (χ3n) is 6.77. The van der Waals surface area contributed by atoms with Crippen molar-refractivity contribution in [1.29, 1.82) is 0 Å². The van der Waals surface area contributed by atoms with Crippen LogP contribution in [-0.2, 0) is 9.47 Å². The van der Waals surface area contributed by atoms with Gasteiger partial charge in [-0.1, -0.05) is 6.07 Å². The first-order valence-electron chi connectivity index (χ1n) is 13.0. The fourth-order valence-electron chi connectivity index (χ4n) is 4.60. The summed E-state index contributed by atoms with van der Waals surface area (Å²) in [6.45, 7) is 0.367. The lowest BCUT2D eigenvalue weighted by Gasteiger charge is -2.16. The standard InChI is InChI=1S/C26H30N10O7/c1-42-24(40)13-6-12-2-3-14(8-15(12)16(37)7-13)35-26(41)30-5-4-29-25(28)31-9-17-19(38)20(39)23(43-17)36-11-34-18-21(27)32-10-33-22(18)36/h2-3,6-8,10-11,17,19-20,23,37-39H,4-5,9H2,1H3,(H2,27,32,33)(H3,28,29,31)(H2,30,35,41)/t17-,19-,20-,23-/m1/s1. The maximum atomic E-state index is 12.3. The predicted molar refractivity (Wildman–Crippen MR) is 154 cm³/mol. The Balaban J connectivity index is 1.08. The Kier molecular flexibility index (Phi) is 8.37. The molecule has 4 aromatic rings. The number of hydrogen-bond donors (Lipinski definition) is 8. The number of urea groups is 1. The van der Waals surface area contributed by atoms with Crippen molar-refractivity contribution in [2.75, 3.05) is 37.8 Å². The van der Waals surface area contributed by atoms with Gasteiger partial charge in [0.05, 0.1) is 25.5 Å². The molecule has 3 heterocycles. The molecule has 0 bridgehead atoms. The number of aromatic nitrogens is 4. The van der Waals surface area contributed by atoms with E-state index >= 15 is 0 Å². The lowest BCUT2D eigenvalue weighted by atomic mass is 10.0. The van der Waals surface area contributed by atoms with Gasteiger partial charge in [-0.15, -0.1) is 0 Å². The van der Waals surface area contributed by atoms with Crippen LogP contribution in [0.2, 0.25) is 0 Å². The highest BCUT2D eigenvalue weighted by molar-refractivity contribution is 6.00.